The van der Waals surface area contributed by atoms with Crippen molar-refractivity contribution in [2.75, 3.05) is 16.0 Å². The number of nitrogens with one attached hydrogen (secondary N) is 1. The third kappa shape index (κ3) is 8.20. The molecule has 42 heavy (non-hydrogen) atoms. The van der Waals surface area contributed by atoms with E-state index in [1.54, 1.807) is 0 Å². The van der Waals surface area contributed by atoms with Gasteiger partial charge in [-0.1, -0.05) is 85.1 Å². The van der Waals surface area contributed by atoms with Gasteiger partial charge < -0.3 is 15.5 Å². The molecule has 1 unspecified atom stereocenters. The summed E-state index contributed by atoms with van der Waals surface area (Å²) in [6.45, 7) is 13.5. The lowest BCUT2D eigenvalue weighted by Crippen LogP contribution is -2.22. The molecule has 0 fully saturated rings. The van der Waals surface area contributed by atoms with Gasteiger partial charge in [-0.3, -0.25) is 0 Å². The highest BCUT2D eigenvalue weighted by Crippen LogP contribution is 2.36. The van der Waals surface area contributed by atoms with Gasteiger partial charge in [0.05, 0.1) is 5.69 Å². The fourth-order valence-corrected chi connectivity index (χ4v) is 5.20. The molecule has 0 amide bonds. The summed E-state index contributed by atoms with van der Waals surface area (Å²) in [5.74, 6) is 2.22. The second kappa shape index (κ2) is 15.0. The smallest absolute Gasteiger partial charge is 0.310 e. The molecule has 2 heterocycles. The van der Waals surface area contributed by atoms with Gasteiger partial charge in [-0.25, -0.2) is 4.90 Å². The molecule has 8 heteroatoms. The molecule has 0 spiro atoms. The Hall–Kier alpha value is -3.68. The maximum absolute atomic E-state index is 6.47. The van der Waals surface area contributed by atoms with Gasteiger partial charge in [0.15, 0.2) is 5.58 Å². The first-order chi connectivity index (χ1) is 20.3. The summed E-state index contributed by atoms with van der Waals surface area (Å²) < 4.78 is 6.47. The van der Waals surface area contributed by atoms with Crippen LogP contribution in [0, 0.1) is 11.8 Å². The van der Waals surface area contributed by atoms with E-state index in [0.717, 1.165) is 61.7 Å². The predicted octanol–water partition coefficient (Wildman–Crippen LogP) is 9.01. The first-order valence-corrected chi connectivity index (χ1v) is 15.8. The van der Waals surface area contributed by atoms with Crippen molar-refractivity contribution < 1.29 is 4.42 Å². The third-order valence-corrected chi connectivity index (χ3v) is 7.74. The Morgan fingerprint density at radius 2 is 1.57 bits per heavy atom. The van der Waals surface area contributed by atoms with Crippen LogP contribution < -0.4 is 16.0 Å². The van der Waals surface area contributed by atoms with Crippen LogP contribution in [0.15, 0.2) is 46.9 Å². The first-order valence-electron chi connectivity index (χ1n) is 15.8. The molecule has 0 aliphatic carbocycles. The minimum atomic E-state index is 0.150. The van der Waals surface area contributed by atoms with Gasteiger partial charge in [0.2, 0.25) is 17.8 Å². The van der Waals surface area contributed by atoms with Gasteiger partial charge in [-0.05, 0) is 79.7 Å². The molecule has 0 saturated carbocycles. The number of hydrogen-bond acceptors (Lipinski definition) is 8. The Morgan fingerprint density at radius 3 is 2.26 bits per heavy atom. The summed E-state index contributed by atoms with van der Waals surface area (Å²) in [5.41, 5.74) is 11.4. The van der Waals surface area contributed by atoms with Crippen molar-refractivity contribution in [1.82, 2.24) is 19.9 Å². The molecule has 0 saturated heterocycles. The number of benzene rings is 2. The number of aryl methyl sites for hydroxylation is 2. The first kappa shape index (κ1) is 31.3. The summed E-state index contributed by atoms with van der Waals surface area (Å²) in [6, 6.07) is 14.9. The van der Waals surface area contributed by atoms with Crippen LogP contribution in [-0.4, -0.2) is 26.0 Å². The van der Waals surface area contributed by atoms with Crippen molar-refractivity contribution in [2.45, 2.75) is 105 Å². The van der Waals surface area contributed by atoms with Crippen LogP contribution >= 0.6 is 0 Å². The minimum Gasteiger partial charge on any atom is -0.423 e. The van der Waals surface area contributed by atoms with Crippen molar-refractivity contribution >= 4 is 40.6 Å². The lowest BCUT2D eigenvalue weighted by Gasteiger charge is -2.21. The van der Waals surface area contributed by atoms with Crippen LogP contribution in [0.3, 0.4) is 0 Å². The maximum atomic E-state index is 6.47. The van der Waals surface area contributed by atoms with E-state index < -0.39 is 0 Å². The molecule has 226 valence electrons. The van der Waals surface area contributed by atoms with Crippen molar-refractivity contribution in [2.24, 2.45) is 11.8 Å². The predicted molar refractivity (Wildman–Crippen MR) is 175 cm³/mol. The monoisotopic (exact) mass is 571 g/mol. The Morgan fingerprint density at radius 1 is 0.833 bits per heavy atom. The molecule has 8 nitrogen and oxygen atoms in total. The van der Waals surface area contributed by atoms with Crippen molar-refractivity contribution in [3.63, 3.8) is 0 Å². The number of nitrogens with two attached hydrogens (primary N) is 1. The lowest BCUT2D eigenvalue weighted by molar-refractivity contribution is 0.570. The highest BCUT2D eigenvalue weighted by molar-refractivity contribution is 5.82. The molecule has 0 aliphatic heterocycles. The van der Waals surface area contributed by atoms with E-state index in [4.69, 9.17) is 20.1 Å². The molecule has 2 aromatic heterocycles. The molecule has 4 rings (SSSR count). The largest absolute Gasteiger partial charge is 0.423 e. The van der Waals surface area contributed by atoms with Crippen LogP contribution in [0.2, 0.25) is 0 Å². The van der Waals surface area contributed by atoms with E-state index in [-0.39, 0.29) is 12.0 Å². The molecular formula is C34H49N7O. The highest BCUT2D eigenvalue weighted by Gasteiger charge is 2.25. The molecular weight excluding hydrogens is 522 g/mol. The maximum Gasteiger partial charge on any atom is 0.310 e. The quantitative estimate of drug-likeness (QED) is 0.128. The zero-order valence-corrected chi connectivity index (χ0v) is 26.4. The molecule has 2 aromatic carbocycles. The molecule has 0 aliphatic rings. The Bertz CT molecular complexity index is 1400. The highest BCUT2D eigenvalue weighted by atomic mass is 16.4. The summed E-state index contributed by atoms with van der Waals surface area (Å²) in [5, 5.41) is 3.50. The average molecular weight is 572 g/mol. The van der Waals surface area contributed by atoms with Gasteiger partial charge in [-0.15, -0.1) is 0 Å². The Balaban J connectivity index is 1.78. The minimum absolute atomic E-state index is 0.150. The fourth-order valence-electron chi connectivity index (χ4n) is 5.20. The Kier molecular flexibility index (Phi) is 11.2. The van der Waals surface area contributed by atoms with E-state index in [0.29, 0.717) is 29.7 Å². The van der Waals surface area contributed by atoms with E-state index >= 15 is 0 Å². The number of anilines is 5. The number of para-hydroxylation sites is 1. The lowest BCUT2D eigenvalue weighted by atomic mass is 9.93. The van der Waals surface area contributed by atoms with Crippen LogP contribution in [0.1, 0.15) is 97.6 Å². The molecule has 0 bridgehead atoms. The average Bonchev–Trinajstić information content (AvgIpc) is 3.38. The number of rotatable bonds is 16. The molecule has 0 radical (unpaired) electrons. The number of aromatic nitrogens is 4. The summed E-state index contributed by atoms with van der Waals surface area (Å²) in [4.78, 5) is 20.8. The van der Waals surface area contributed by atoms with Crippen LogP contribution in [0.25, 0.3) is 11.1 Å². The number of fused-ring (bicyclic) bond motifs is 1. The van der Waals surface area contributed by atoms with Crippen LogP contribution in [0.4, 0.5) is 29.5 Å². The normalized spacial score (nSPS) is 12.4. The van der Waals surface area contributed by atoms with E-state index in [1.807, 2.05) is 35.2 Å². The summed E-state index contributed by atoms with van der Waals surface area (Å²) in [7, 11) is 0. The Labute approximate surface area is 251 Å². The summed E-state index contributed by atoms with van der Waals surface area (Å²) >= 11 is 0. The number of oxazole rings is 1. The van der Waals surface area contributed by atoms with Gasteiger partial charge >= 0.3 is 6.01 Å². The van der Waals surface area contributed by atoms with Crippen LogP contribution in [0.5, 0.6) is 0 Å². The zero-order chi connectivity index (χ0) is 30.1. The van der Waals surface area contributed by atoms with Crippen molar-refractivity contribution in [1.29, 1.82) is 0 Å². The van der Waals surface area contributed by atoms with Crippen molar-refractivity contribution in [3.05, 3.63) is 53.6 Å². The van der Waals surface area contributed by atoms with Gasteiger partial charge in [-0.2, -0.15) is 19.9 Å². The van der Waals surface area contributed by atoms with E-state index in [1.165, 1.54) is 24.0 Å². The zero-order valence-electron chi connectivity index (χ0n) is 26.4. The molecule has 3 N–H and O–H groups in total. The number of hydrogen-bond donors (Lipinski definition) is 2. The topological polar surface area (TPSA) is 106 Å². The van der Waals surface area contributed by atoms with E-state index in [2.05, 4.69) is 69.0 Å². The number of nitrogen functional groups attached to an aromatic ring is 1. The SMILES string of the molecule is CCCCCC(CC)Nc1nc(N)nc(N(c2ccccc2)c2nc3c(CCC(C)C)c(CCC(C)C)ccc3o2)n1. The van der Waals surface area contributed by atoms with Crippen molar-refractivity contribution in [3.8, 4) is 0 Å². The molecule has 4 aromatic rings. The number of unbranched alkanes of at least 4 members (excludes halogenated alkanes) is 2. The van der Waals surface area contributed by atoms with E-state index in [9.17, 15) is 0 Å². The van der Waals surface area contributed by atoms with Crippen LogP contribution in [-0.2, 0) is 12.8 Å². The number of nitrogens with zero attached hydrogens (tertiary/aromatic N) is 5. The fraction of sp³-hybridized carbons (Fsp3) is 0.529. The van der Waals surface area contributed by atoms with Gasteiger partial charge in [0.25, 0.3) is 0 Å². The second-order valence-corrected chi connectivity index (χ2v) is 12.1. The third-order valence-electron chi connectivity index (χ3n) is 7.74. The molecule has 1 atom stereocenters. The standard InChI is InChI=1S/C34H49N7O/c1-7-9-11-14-26(8-2)36-32-38-31(35)39-33(40-32)41(27-15-12-10-13-16-27)34-37-30-28(21-18-24(5)6)25(19-17-23(3)4)20-22-29(30)42-34/h10,12-13,15-16,20,22-24,26H,7-9,11,14,17-19,21H2,1-6H3,(H3,35,36,38,39,40). The second-order valence-electron chi connectivity index (χ2n) is 12.1. The van der Waals surface area contributed by atoms with Gasteiger partial charge in [0.1, 0.15) is 5.52 Å². The van der Waals surface area contributed by atoms with Gasteiger partial charge in [0, 0.05) is 6.04 Å². The summed E-state index contributed by atoms with van der Waals surface area (Å²) in [6.07, 6.45) is 9.80.